The highest BCUT2D eigenvalue weighted by molar-refractivity contribution is 7.77. The maximum atomic E-state index is 4.15. The maximum Gasteiger partial charge on any atom is 0.0324 e. The van der Waals surface area contributed by atoms with Crippen molar-refractivity contribution in [1.29, 1.82) is 0 Å². The van der Waals surface area contributed by atoms with Gasteiger partial charge in [0.25, 0.3) is 0 Å². The number of nitrogens with zero attached hydrogens (tertiary/aromatic N) is 1. The van der Waals surface area contributed by atoms with E-state index in [9.17, 15) is 0 Å². The Labute approximate surface area is 49.6 Å². The highest BCUT2D eigenvalue weighted by Crippen LogP contribution is 2.14. The van der Waals surface area contributed by atoms with Gasteiger partial charge in [0.1, 0.15) is 0 Å². The van der Waals surface area contributed by atoms with Crippen molar-refractivity contribution in [2.24, 2.45) is 0 Å². The largest absolute Gasteiger partial charge is 0.323 e. The van der Waals surface area contributed by atoms with Crippen LogP contribution in [0.1, 0.15) is 13.3 Å². The van der Waals surface area contributed by atoms with Gasteiger partial charge in [0.2, 0.25) is 0 Å². The van der Waals surface area contributed by atoms with Gasteiger partial charge in [-0.15, -0.1) is 0 Å². The van der Waals surface area contributed by atoms with E-state index >= 15 is 0 Å². The quantitative estimate of drug-likeness (QED) is 0.467. The van der Waals surface area contributed by atoms with Crippen LogP contribution in [0.15, 0.2) is 11.8 Å². The third-order valence-electron chi connectivity index (χ3n) is 1.19. The molecule has 0 radical (unpaired) electrons. The standard InChI is InChI=1S/C5H9NS/c1-5-3-2-4-6(5)7/h3,7H,2,4H2,1H3. The molecular formula is C5H9NS. The number of allylic oxidation sites excluding steroid dienone is 1. The zero-order chi connectivity index (χ0) is 5.28. The lowest BCUT2D eigenvalue weighted by Gasteiger charge is -2.08. The second-order valence-electron chi connectivity index (χ2n) is 1.76. The van der Waals surface area contributed by atoms with E-state index in [1.54, 1.807) is 0 Å². The van der Waals surface area contributed by atoms with Crippen molar-refractivity contribution in [2.75, 3.05) is 6.54 Å². The van der Waals surface area contributed by atoms with Crippen LogP contribution < -0.4 is 0 Å². The Balaban J connectivity index is 2.54. The molecule has 0 amide bonds. The summed E-state index contributed by atoms with van der Waals surface area (Å²) in [6, 6.07) is 0. The molecule has 1 nitrogen and oxygen atoms in total. The van der Waals surface area contributed by atoms with Gasteiger partial charge in [-0.2, -0.15) is 0 Å². The smallest absolute Gasteiger partial charge is 0.0324 e. The number of hydrogen-bond donors (Lipinski definition) is 1. The van der Waals surface area contributed by atoms with Crippen molar-refractivity contribution in [1.82, 2.24) is 4.31 Å². The zero-order valence-electron chi connectivity index (χ0n) is 4.39. The molecule has 0 aromatic heterocycles. The van der Waals surface area contributed by atoms with Gasteiger partial charge in [0.15, 0.2) is 0 Å². The molecule has 0 unspecified atom stereocenters. The number of hydrogen-bond acceptors (Lipinski definition) is 2. The van der Waals surface area contributed by atoms with Crippen LogP contribution in [-0.4, -0.2) is 10.8 Å². The van der Waals surface area contributed by atoms with Gasteiger partial charge in [-0.05, 0) is 13.3 Å². The molecule has 0 fully saturated rings. The summed E-state index contributed by atoms with van der Waals surface area (Å²) in [5.74, 6) is 0. The summed E-state index contributed by atoms with van der Waals surface area (Å²) in [6.45, 7) is 3.15. The normalized spacial score (nSPS) is 20.3. The fraction of sp³-hybridized carbons (Fsp3) is 0.600. The Hall–Kier alpha value is -0.110. The van der Waals surface area contributed by atoms with Crippen molar-refractivity contribution in [2.45, 2.75) is 13.3 Å². The average Bonchev–Trinajstić information content (AvgIpc) is 1.91. The summed E-state index contributed by atoms with van der Waals surface area (Å²) >= 11 is 4.15. The maximum absolute atomic E-state index is 4.15. The van der Waals surface area contributed by atoms with E-state index in [-0.39, 0.29) is 0 Å². The molecule has 0 saturated heterocycles. The molecule has 40 valence electrons. The Bertz CT molecular complexity index is 98.3. The van der Waals surface area contributed by atoms with Gasteiger partial charge in [0, 0.05) is 12.2 Å². The van der Waals surface area contributed by atoms with Crippen molar-refractivity contribution in [3.8, 4) is 0 Å². The Morgan fingerprint density at radius 3 is 2.71 bits per heavy atom. The van der Waals surface area contributed by atoms with Crippen LogP contribution in [0.4, 0.5) is 0 Å². The SMILES string of the molecule is CC1=CCCN1S. The van der Waals surface area contributed by atoms with E-state index in [0.717, 1.165) is 13.0 Å². The van der Waals surface area contributed by atoms with E-state index in [1.165, 1.54) is 5.70 Å². The molecule has 1 aliphatic heterocycles. The van der Waals surface area contributed by atoms with Crippen LogP contribution in [0.5, 0.6) is 0 Å². The second-order valence-corrected chi connectivity index (χ2v) is 2.24. The minimum Gasteiger partial charge on any atom is -0.323 e. The number of thiol groups is 1. The molecule has 0 aliphatic carbocycles. The van der Waals surface area contributed by atoms with Crippen LogP contribution in [-0.2, 0) is 0 Å². The van der Waals surface area contributed by atoms with Gasteiger partial charge >= 0.3 is 0 Å². The third-order valence-corrected chi connectivity index (χ3v) is 1.70. The third kappa shape index (κ3) is 0.911. The lowest BCUT2D eigenvalue weighted by Crippen LogP contribution is -2.02. The van der Waals surface area contributed by atoms with Crippen LogP contribution in [0, 0.1) is 0 Å². The minimum atomic E-state index is 1.08. The molecule has 0 bridgehead atoms. The minimum absolute atomic E-state index is 1.08. The number of rotatable bonds is 0. The highest BCUT2D eigenvalue weighted by atomic mass is 32.1. The Kier molecular flexibility index (Phi) is 1.28. The van der Waals surface area contributed by atoms with Gasteiger partial charge in [-0.25, -0.2) is 0 Å². The van der Waals surface area contributed by atoms with E-state index in [4.69, 9.17) is 0 Å². The fourth-order valence-electron chi connectivity index (χ4n) is 0.677. The van der Waals surface area contributed by atoms with Crippen LogP contribution >= 0.6 is 12.8 Å². The first-order valence-corrected chi connectivity index (χ1v) is 2.84. The molecule has 2 heteroatoms. The van der Waals surface area contributed by atoms with Gasteiger partial charge in [-0.1, -0.05) is 18.9 Å². The molecular weight excluding hydrogens is 106 g/mol. The zero-order valence-corrected chi connectivity index (χ0v) is 5.28. The van der Waals surface area contributed by atoms with Gasteiger partial charge < -0.3 is 4.31 Å². The predicted molar refractivity (Wildman–Crippen MR) is 34.1 cm³/mol. The first kappa shape index (κ1) is 5.04. The molecule has 1 aliphatic rings. The molecule has 0 saturated carbocycles. The summed E-state index contributed by atoms with van der Waals surface area (Å²) in [5.41, 5.74) is 1.28. The first-order valence-electron chi connectivity index (χ1n) is 2.44. The van der Waals surface area contributed by atoms with Crippen molar-refractivity contribution in [3.63, 3.8) is 0 Å². The summed E-state index contributed by atoms with van der Waals surface area (Å²) in [4.78, 5) is 0. The molecule has 0 aromatic rings. The fourth-order valence-corrected chi connectivity index (χ4v) is 0.875. The van der Waals surface area contributed by atoms with Crippen molar-refractivity contribution >= 4 is 12.8 Å². The molecule has 0 atom stereocenters. The highest BCUT2D eigenvalue weighted by Gasteiger charge is 2.03. The van der Waals surface area contributed by atoms with Crippen LogP contribution in [0.25, 0.3) is 0 Å². The Morgan fingerprint density at radius 2 is 2.57 bits per heavy atom. The summed E-state index contributed by atoms with van der Waals surface area (Å²) in [7, 11) is 0. The van der Waals surface area contributed by atoms with Crippen molar-refractivity contribution in [3.05, 3.63) is 11.8 Å². The monoisotopic (exact) mass is 115 g/mol. The van der Waals surface area contributed by atoms with Crippen molar-refractivity contribution < 1.29 is 0 Å². The molecule has 0 N–H and O–H groups in total. The van der Waals surface area contributed by atoms with Gasteiger partial charge in [-0.3, -0.25) is 0 Å². The lowest BCUT2D eigenvalue weighted by molar-refractivity contribution is 0.636. The van der Waals surface area contributed by atoms with E-state index < -0.39 is 0 Å². The van der Waals surface area contributed by atoms with Gasteiger partial charge in [0.05, 0.1) is 0 Å². The summed E-state index contributed by atoms with van der Waals surface area (Å²) in [5, 5.41) is 0. The first-order chi connectivity index (χ1) is 3.30. The summed E-state index contributed by atoms with van der Waals surface area (Å²) < 4.78 is 1.96. The second kappa shape index (κ2) is 1.78. The predicted octanol–water partition coefficient (Wildman–Crippen LogP) is 1.44. The van der Waals surface area contributed by atoms with E-state index in [2.05, 4.69) is 25.8 Å². The molecule has 0 aromatic carbocycles. The summed E-state index contributed by atoms with van der Waals surface area (Å²) in [6.07, 6.45) is 3.35. The Morgan fingerprint density at radius 1 is 1.86 bits per heavy atom. The average molecular weight is 115 g/mol. The van der Waals surface area contributed by atoms with E-state index in [1.807, 2.05) is 4.31 Å². The lowest BCUT2D eigenvalue weighted by atomic mass is 10.4. The molecule has 0 spiro atoms. The van der Waals surface area contributed by atoms with Crippen LogP contribution in [0.3, 0.4) is 0 Å². The molecule has 1 heterocycles. The molecule has 1 rings (SSSR count). The van der Waals surface area contributed by atoms with E-state index in [0.29, 0.717) is 0 Å². The molecule has 7 heavy (non-hydrogen) atoms. The van der Waals surface area contributed by atoms with Crippen LogP contribution in [0.2, 0.25) is 0 Å². The topological polar surface area (TPSA) is 3.24 Å².